The lowest BCUT2D eigenvalue weighted by molar-refractivity contribution is -0.130. The standard InChI is InChI=1S/C33H30Cl3F2N7O2/c1-7-21(46)44-16(5)12-43(13-17(44)6)31-18-10-20(34)29(22-23(35)25(37)26(38)24(36)27(22)40)42-32(18)45(33(47)19(31)11-39)30-15(4)8-9-41-28(30)14(2)3/h7-10,14,16-17H,1,12-13,40H2,2-6H3/t16-,17+. The second-order valence-electron chi connectivity index (χ2n) is 11.8. The number of aryl methyl sites for hydroxylation is 1. The third-order valence-corrected chi connectivity index (χ3v) is 9.33. The van der Waals surface area contributed by atoms with Crippen molar-refractivity contribution in [3.05, 3.63) is 84.9 Å². The Morgan fingerprint density at radius 3 is 2.34 bits per heavy atom. The first kappa shape index (κ1) is 34.1. The van der Waals surface area contributed by atoms with E-state index in [9.17, 15) is 23.6 Å². The van der Waals surface area contributed by atoms with Gasteiger partial charge in [0, 0.05) is 42.3 Å². The molecule has 1 fully saturated rings. The van der Waals surface area contributed by atoms with Gasteiger partial charge in [0.2, 0.25) is 5.91 Å². The van der Waals surface area contributed by atoms with Crippen LogP contribution in [-0.2, 0) is 4.79 Å². The number of rotatable bonds is 5. The summed E-state index contributed by atoms with van der Waals surface area (Å²) in [5.74, 6) is -3.28. The summed E-state index contributed by atoms with van der Waals surface area (Å²) in [7, 11) is 0. The number of nitrogens with two attached hydrogens (primary N) is 1. The van der Waals surface area contributed by atoms with Crippen LogP contribution in [0.15, 0.2) is 35.8 Å². The van der Waals surface area contributed by atoms with Crippen LogP contribution in [0.5, 0.6) is 0 Å². The summed E-state index contributed by atoms with van der Waals surface area (Å²) < 4.78 is 30.7. The molecule has 244 valence electrons. The number of pyridine rings is 3. The highest BCUT2D eigenvalue weighted by atomic mass is 35.5. The number of carbonyl (C=O) groups is 1. The van der Waals surface area contributed by atoms with Crippen LogP contribution < -0.4 is 16.2 Å². The lowest BCUT2D eigenvalue weighted by Gasteiger charge is -2.45. The number of anilines is 2. The fraction of sp³-hybridized carbons (Fsp3) is 0.303. The molecule has 9 nitrogen and oxygen atoms in total. The van der Waals surface area contributed by atoms with Crippen molar-refractivity contribution in [2.45, 2.75) is 52.6 Å². The number of aromatic nitrogens is 3. The third-order valence-electron chi connectivity index (χ3n) is 8.32. The van der Waals surface area contributed by atoms with Gasteiger partial charge in [-0.05, 0) is 50.5 Å². The van der Waals surface area contributed by atoms with Crippen LogP contribution in [0, 0.1) is 29.9 Å². The predicted molar refractivity (Wildman–Crippen MR) is 182 cm³/mol. The van der Waals surface area contributed by atoms with E-state index in [-0.39, 0.29) is 70.2 Å². The van der Waals surface area contributed by atoms with E-state index in [1.54, 1.807) is 24.1 Å². The van der Waals surface area contributed by atoms with Gasteiger partial charge in [0.15, 0.2) is 11.6 Å². The minimum Gasteiger partial charge on any atom is -0.397 e. The second kappa shape index (κ2) is 12.8. The number of hydrogen-bond donors (Lipinski definition) is 1. The Labute approximate surface area is 284 Å². The van der Waals surface area contributed by atoms with Crippen molar-refractivity contribution in [3.8, 4) is 23.0 Å². The minimum absolute atomic E-state index is 0.0302. The van der Waals surface area contributed by atoms with Gasteiger partial charge >= 0.3 is 0 Å². The fourth-order valence-corrected chi connectivity index (χ4v) is 6.99. The number of nitriles is 1. The van der Waals surface area contributed by atoms with Crippen molar-refractivity contribution in [1.82, 2.24) is 19.4 Å². The Morgan fingerprint density at radius 2 is 1.77 bits per heavy atom. The predicted octanol–water partition coefficient (Wildman–Crippen LogP) is 7.18. The zero-order chi connectivity index (χ0) is 34.6. The van der Waals surface area contributed by atoms with Crippen molar-refractivity contribution in [2.75, 3.05) is 23.7 Å². The van der Waals surface area contributed by atoms with E-state index >= 15 is 0 Å². The Morgan fingerprint density at radius 1 is 1.15 bits per heavy atom. The first-order valence-corrected chi connectivity index (χ1v) is 15.8. The molecule has 2 N–H and O–H groups in total. The van der Waals surface area contributed by atoms with E-state index in [1.807, 2.05) is 32.6 Å². The molecule has 0 saturated carbocycles. The van der Waals surface area contributed by atoms with Gasteiger partial charge in [0.1, 0.15) is 22.3 Å². The summed E-state index contributed by atoms with van der Waals surface area (Å²) in [6, 6.07) is 4.65. The van der Waals surface area contributed by atoms with Gasteiger partial charge in [0.25, 0.3) is 5.56 Å². The fourth-order valence-electron chi connectivity index (χ4n) is 6.29. The zero-order valence-electron chi connectivity index (χ0n) is 26.1. The van der Waals surface area contributed by atoms with Crippen molar-refractivity contribution < 1.29 is 13.6 Å². The number of hydrogen-bond acceptors (Lipinski definition) is 7. The number of piperazine rings is 1. The molecule has 1 aromatic carbocycles. The van der Waals surface area contributed by atoms with Gasteiger partial charge < -0.3 is 15.5 Å². The Kier molecular flexibility index (Phi) is 9.25. The van der Waals surface area contributed by atoms with Crippen LogP contribution in [0.4, 0.5) is 20.2 Å². The van der Waals surface area contributed by atoms with E-state index < -0.39 is 32.9 Å². The van der Waals surface area contributed by atoms with E-state index in [0.717, 1.165) is 0 Å². The summed E-state index contributed by atoms with van der Waals surface area (Å²) in [6.07, 6.45) is 2.86. The molecule has 1 amide bonds. The molecule has 0 spiro atoms. The van der Waals surface area contributed by atoms with Gasteiger partial charge in [-0.1, -0.05) is 55.2 Å². The van der Waals surface area contributed by atoms with Crippen molar-refractivity contribution in [1.29, 1.82) is 5.26 Å². The lowest BCUT2D eigenvalue weighted by atomic mass is 10.0. The van der Waals surface area contributed by atoms with Crippen LogP contribution in [-0.4, -0.2) is 50.5 Å². The number of carbonyl (C=O) groups excluding carboxylic acids is 1. The largest absolute Gasteiger partial charge is 0.397 e. The molecule has 5 rings (SSSR count). The van der Waals surface area contributed by atoms with E-state index in [4.69, 9.17) is 45.5 Å². The number of fused-ring (bicyclic) bond motifs is 1. The molecule has 1 saturated heterocycles. The Balaban J connectivity index is 1.95. The lowest BCUT2D eigenvalue weighted by Crippen LogP contribution is -2.58. The van der Waals surface area contributed by atoms with Crippen LogP contribution in [0.1, 0.15) is 50.4 Å². The average Bonchev–Trinajstić information content (AvgIpc) is 3.02. The zero-order valence-corrected chi connectivity index (χ0v) is 28.4. The molecule has 2 atom stereocenters. The molecule has 0 unspecified atom stereocenters. The first-order chi connectivity index (χ1) is 22.2. The number of amides is 1. The highest BCUT2D eigenvalue weighted by Gasteiger charge is 2.36. The highest BCUT2D eigenvalue weighted by Crippen LogP contribution is 2.45. The summed E-state index contributed by atoms with van der Waals surface area (Å²) in [5.41, 5.74) is 6.33. The van der Waals surface area contributed by atoms with E-state index in [1.165, 1.54) is 16.7 Å². The minimum atomic E-state index is -1.45. The summed E-state index contributed by atoms with van der Waals surface area (Å²) >= 11 is 19.1. The van der Waals surface area contributed by atoms with Crippen molar-refractivity contribution in [3.63, 3.8) is 0 Å². The van der Waals surface area contributed by atoms with Crippen molar-refractivity contribution >= 4 is 63.1 Å². The molecule has 4 heterocycles. The SMILES string of the molecule is C=CC(=O)N1[C@H](C)CN(c2c(C#N)c(=O)n(-c3c(C)ccnc3C(C)C)c3nc(-c4c(N)c(Cl)c(F)c(F)c4Cl)c(Cl)cc23)C[C@@H]1C. The summed E-state index contributed by atoms with van der Waals surface area (Å²) in [4.78, 5) is 40.0. The van der Waals surface area contributed by atoms with Gasteiger partial charge in [-0.25, -0.2) is 13.8 Å². The van der Waals surface area contributed by atoms with E-state index in [0.29, 0.717) is 22.3 Å². The normalized spacial score (nSPS) is 16.6. The molecule has 1 aliphatic heterocycles. The number of benzene rings is 1. The van der Waals surface area contributed by atoms with E-state index in [2.05, 4.69) is 17.6 Å². The molecule has 47 heavy (non-hydrogen) atoms. The van der Waals surface area contributed by atoms with Crippen LogP contribution in [0.25, 0.3) is 28.0 Å². The quantitative estimate of drug-likeness (QED) is 0.101. The highest BCUT2D eigenvalue weighted by molar-refractivity contribution is 6.40. The molecular formula is C33H30Cl3F2N7O2. The number of halogens is 5. The molecule has 0 bridgehead atoms. The van der Waals surface area contributed by atoms with Crippen LogP contribution in [0.3, 0.4) is 0 Å². The van der Waals surface area contributed by atoms with Gasteiger partial charge in [-0.15, -0.1) is 0 Å². The summed E-state index contributed by atoms with van der Waals surface area (Å²) in [5, 5.41) is 9.32. The molecule has 4 aromatic rings. The summed E-state index contributed by atoms with van der Waals surface area (Å²) in [6.45, 7) is 13.4. The average molecular weight is 701 g/mol. The van der Waals surface area contributed by atoms with Gasteiger partial charge in [-0.3, -0.25) is 19.1 Å². The maximum absolute atomic E-state index is 14.9. The van der Waals surface area contributed by atoms with Gasteiger partial charge in [0.05, 0.1) is 38.5 Å². The molecule has 1 aliphatic rings. The van der Waals surface area contributed by atoms with Gasteiger partial charge in [-0.2, -0.15) is 5.26 Å². The monoisotopic (exact) mass is 699 g/mol. The van der Waals surface area contributed by atoms with Crippen LogP contribution in [0.2, 0.25) is 15.1 Å². The van der Waals surface area contributed by atoms with Crippen LogP contribution >= 0.6 is 34.8 Å². The topological polar surface area (TPSA) is 121 Å². The smallest absolute Gasteiger partial charge is 0.276 e. The molecule has 14 heteroatoms. The molecule has 0 radical (unpaired) electrons. The number of nitrogen functional groups attached to an aromatic ring is 1. The molecular weight excluding hydrogens is 671 g/mol. The Bertz CT molecular complexity index is 2050. The molecule has 3 aromatic heterocycles. The maximum atomic E-state index is 14.9. The molecule has 0 aliphatic carbocycles. The number of nitrogens with zero attached hydrogens (tertiary/aromatic N) is 6. The second-order valence-corrected chi connectivity index (χ2v) is 12.9. The first-order valence-electron chi connectivity index (χ1n) is 14.6. The van der Waals surface area contributed by atoms with Crippen molar-refractivity contribution in [2.24, 2.45) is 0 Å². The Hall–Kier alpha value is -4.24. The third kappa shape index (κ3) is 5.48. The maximum Gasteiger partial charge on any atom is 0.276 e.